The number of likely N-dealkylation sites (tertiary alicyclic amines) is 1. The van der Waals surface area contributed by atoms with Gasteiger partial charge in [-0.15, -0.1) is 0 Å². The van der Waals surface area contributed by atoms with Crippen LogP contribution in [0.15, 0.2) is 46.9 Å². The van der Waals surface area contributed by atoms with Crippen molar-refractivity contribution in [2.24, 2.45) is 0 Å². The van der Waals surface area contributed by atoms with Gasteiger partial charge in [-0.25, -0.2) is 4.98 Å². The number of carbonyl (C=O) groups is 2. The predicted molar refractivity (Wildman–Crippen MR) is 104 cm³/mol. The fourth-order valence-corrected chi connectivity index (χ4v) is 3.44. The number of benzene rings is 2. The minimum Gasteiger partial charge on any atom is -0.441 e. The summed E-state index contributed by atoms with van der Waals surface area (Å²) in [5, 5.41) is 12.6. The number of aryl methyl sites for hydroxylation is 1. The number of anilines is 1. The number of fused-ring (bicyclic) bond motifs is 1. The van der Waals surface area contributed by atoms with E-state index in [0.717, 1.165) is 12.8 Å². The molecular formula is C21H21N3O4. The van der Waals surface area contributed by atoms with Crippen molar-refractivity contribution in [3.63, 3.8) is 0 Å². The fourth-order valence-electron chi connectivity index (χ4n) is 3.44. The van der Waals surface area contributed by atoms with Crippen LogP contribution < -0.4 is 5.32 Å². The van der Waals surface area contributed by atoms with E-state index in [9.17, 15) is 14.7 Å². The number of nitrogens with zero attached hydrogens (tertiary/aromatic N) is 2. The van der Waals surface area contributed by atoms with Gasteiger partial charge in [-0.2, -0.15) is 0 Å². The van der Waals surface area contributed by atoms with Gasteiger partial charge in [-0.1, -0.05) is 6.07 Å². The second-order valence-electron chi connectivity index (χ2n) is 7.00. The Morgan fingerprint density at radius 2 is 2.07 bits per heavy atom. The van der Waals surface area contributed by atoms with Crippen LogP contribution in [0.3, 0.4) is 0 Å². The normalized spacial score (nSPS) is 16.9. The molecule has 2 aromatic carbocycles. The Morgan fingerprint density at radius 1 is 1.21 bits per heavy atom. The number of nitrogens with one attached hydrogen (secondary N) is 1. The third-order valence-electron chi connectivity index (χ3n) is 4.81. The molecule has 0 saturated carbocycles. The lowest BCUT2D eigenvalue weighted by molar-refractivity contribution is 0.0474. The van der Waals surface area contributed by atoms with Crippen molar-refractivity contribution < 1.29 is 19.1 Å². The number of aliphatic hydroxyl groups excluding tert-OH is 1. The van der Waals surface area contributed by atoms with Crippen LogP contribution in [-0.2, 0) is 0 Å². The van der Waals surface area contributed by atoms with E-state index < -0.39 is 6.10 Å². The Morgan fingerprint density at radius 3 is 2.89 bits per heavy atom. The minimum atomic E-state index is -0.477. The summed E-state index contributed by atoms with van der Waals surface area (Å²) in [6, 6.07) is 11.9. The Kier molecular flexibility index (Phi) is 4.83. The van der Waals surface area contributed by atoms with Crippen molar-refractivity contribution in [1.82, 2.24) is 9.88 Å². The van der Waals surface area contributed by atoms with E-state index >= 15 is 0 Å². The first-order valence-electron chi connectivity index (χ1n) is 9.25. The maximum absolute atomic E-state index is 12.7. The topological polar surface area (TPSA) is 95.7 Å². The van der Waals surface area contributed by atoms with Gasteiger partial charge in [0.15, 0.2) is 11.5 Å². The Balaban J connectivity index is 1.50. The molecule has 1 aliphatic rings. The molecule has 3 aromatic rings. The summed E-state index contributed by atoms with van der Waals surface area (Å²) >= 11 is 0. The van der Waals surface area contributed by atoms with Crippen molar-refractivity contribution in [2.75, 3.05) is 18.4 Å². The Labute approximate surface area is 162 Å². The number of oxazole rings is 1. The van der Waals surface area contributed by atoms with Crippen molar-refractivity contribution in [3.8, 4) is 0 Å². The highest BCUT2D eigenvalue weighted by molar-refractivity contribution is 6.06. The highest BCUT2D eigenvalue weighted by Crippen LogP contribution is 2.20. The molecule has 7 nitrogen and oxygen atoms in total. The lowest BCUT2D eigenvalue weighted by atomic mass is 10.1. The average Bonchev–Trinajstić information content (AvgIpc) is 3.06. The van der Waals surface area contributed by atoms with Gasteiger partial charge in [0.1, 0.15) is 5.52 Å². The van der Waals surface area contributed by atoms with Crippen LogP contribution in [0.2, 0.25) is 0 Å². The zero-order valence-electron chi connectivity index (χ0n) is 15.5. The number of β-amino-alcohol motifs (C(OH)–C–C–N with tert-alkyl or cyclic N) is 1. The molecule has 1 fully saturated rings. The number of hydrogen-bond donors (Lipinski definition) is 2. The summed E-state index contributed by atoms with van der Waals surface area (Å²) < 4.78 is 5.47. The number of hydrogen-bond acceptors (Lipinski definition) is 5. The van der Waals surface area contributed by atoms with Crippen LogP contribution in [0.5, 0.6) is 0 Å². The van der Waals surface area contributed by atoms with Crippen molar-refractivity contribution >= 4 is 28.6 Å². The lowest BCUT2D eigenvalue weighted by Gasteiger charge is -2.30. The van der Waals surface area contributed by atoms with E-state index in [1.807, 2.05) is 0 Å². The number of aliphatic hydroxyl groups is 1. The summed E-state index contributed by atoms with van der Waals surface area (Å²) in [5.41, 5.74) is 2.71. The van der Waals surface area contributed by atoms with Crippen LogP contribution in [0.25, 0.3) is 11.1 Å². The summed E-state index contributed by atoms with van der Waals surface area (Å²) in [6.45, 7) is 2.72. The van der Waals surface area contributed by atoms with E-state index in [-0.39, 0.29) is 11.8 Å². The number of amides is 2. The third-order valence-corrected chi connectivity index (χ3v) is 4.81. The third kappa shape index (κ3) is 3.75. The molecule has 1 aliphatic heterocycles. The van der Waals surface area contributed by atoms with Gasteiger partial charge in [0.05, 0.1) is 6.10 Å². The SMILES string of the molecule is Cc1nc2ccc(C(=O)Nc3cccc(C(=O)N4CCCC(O)C4)c3)cc2o1. The van der Waals surface area contributed by atoms with Gasteiger partial charge in [-0.05, 0) is 49.2 Å². The molecule has 7 heteroatoms. The van der Waals surface area contributed by atoms with Gasteiger partial charge in [0.2, 0.25) is 0 Å². The quantitative estimate of drug-likeness (QED) is 0.729. The fraction of sp³-hybridized carbons (Fsp3) is 0.286. The standard InChI is InChI=1S/C21H21N3O4/c1-13-22-18-8-7-14(11-19(18)28-13)20(26)23-16-5-2-4-15(10-16)21(27)24-9-3-6-17(25)12-24/h2,4-5,7-8,10-11,17,25H,3,6,9,12H2,1H3,(H,23,26). The van der Waals surface area contributed by atoms with Crippen LogP contribution in [0.1, 0.15) is 39.4 Å². The van der Waals surface area contributed by atoms with E-state index in [0.29, 0.717) is 46.9 Å². The number of piperidine rings is 1. The molecule has 4 rings (SSSR count). The summed E-state index contributed by atoms with van der Waals surface area (Å²) in [5.74, 6) is 0.101. The maximum Gasteiger partial charge on any atom is 0.255 e. The molecule has 0 radical (unpaired) electrons. The Bertz CT molecular complexity index is 1040. The van der Waals surface area contributed by atoms with Gasteiger partial charge >= 0.3 is 0 Å². The van der Waals surface area contributed by atoms with Crippen molar-refractivity contribution in [2.45, 2.75) is 25.9 Å². The second kappa shape index (κ2) is 7.44. The van der Waals surface area contributed by atoms with Gasteiger partial charge in [-0.3, -0.25) is 9.59 Å². The first-order valence-corrected chi connectivity index (χ1v) is 9.25. The average molecular weight is 379 g/mol. The Hall–Kier alpha value is -3.19. The smallest absolute Gasteiger partial charge is 0.255 e. The molecule has 1 atom stereocenters. The highest BCUT2D eigenvalue weighted by Gasteiger charge is 2.23. The number of rotatable bonds is 3. The van der Waals surface area contributed by atoms with Crippen molar-refractivity contribution in [1.29, 1.82) is 0 Å². The van der Waals surface area contributed by atoms with Crippen LogP contribution >= 0.6 is 0 Å². The van der Waals surface area contributed by atoms with E-state index in [4.69, 9.17) is 4.42 Å². The first-order chi connectivity index (χ1) is 13.5. The second-order valence-corrected chi connectivity index (χ2v) is 7.00. The van der Waals surface area contributed by atoms with Crippen LogP contribution in [0.4, 0.5) is 5.69 Å². The lowest BCUT2D eigenvalue weighted by Crippen LogP contribution is -2.42. The summed E-state index contributed by atoms with van der Waals surface area (Å²) in [7, 11) is 0. The highest BCUT2D eigenvalue weighted by atomic mass is 16.3. The summed E-state index contributed by atoms with van der Waals surface area (Å²) in [6.07, 6.45) is 1.03. The zero-order valence-corrected chi connectivity index (χ0v) is 15.5. The molecule has 28 heavy (non-hydrogen) atoms. The minimum absolute atomic E-state index is 0.145. The molecule has 0 spiro atoms. The monoisotopic (exact) mass is 379 g/mol. The van der Waals surface area contributed by atoms with Crippen LogP contribution in [-0.4, -0.2) is 46.0 Å². The molecule has 0 bridgehead atoms. The maximum atomic E-state index is 12.7. The molecule has 2 N–H and O–H groups in total. The van der Waals surface area contributed by atoms with Gasteiger partial charge in [0, 0.05) is 36.8 Å². The van der Waals surface area contributed by atoms with Gasteiger partial charge in [0.25, 0.3) is 11.8 Å². The number of aromatic nitrogens is 1. The van der Waals surface area contributed by atoms with E-state index in [1.54, 1.807) is 54.3 Å². The number of carbonyl (C=O) groups excluding carboxylic acids is 2. The molecule has 144 valence electrons. The molecule has 2 heterocycles. The van der Waals surface area contributed by atoms with Crippen molar-refractivity contribution in [3.05, 3.63) is 59.5 Å². The molecule has 1 aromatic heterocycles. The van der Waals surface area contributed by atoms with E-state index in [1.165, 1.54) is 0 Å². The molecule has 0 aliphatic carbocycles. The molecular weight excluding hydrogens is 358 g/mol. The van der Waals surface area contributed by atoms with Gasteiger partial charge < -0.3 is 19.7 Å². The predicted octanol–water partition coefficient (Wildman–Crippen LogP) is 2.99. The largest absolute Gasteiger partial charge is 0.441 e. The zero-order chi connectivity index (χ0) is 19.7. The van der Waals surface area contributed by atoms with Crippen LogP contribution in [0, 0.1) is 6.92 Å². The molecule has 2 amide bonds. The van der Waals surface area contributed by atoms with E-state index in [2.05, 4.69) is 10.3 Å². The first kappa shape index (κ1) is 18.2. The molecule has 1 unspecified atom stereocenters. The summed E-state index contributed by atoms with van der Waals surface area (Å²) in [4.78, 5) is 31.1. The molecule has 1 saturated heterocycles.